The Balaban J connectivity index is 2.16. The molecule has 2 aromatic rings. The van der Waals surface area contributed by atoms with E-state index >= 15 is 0 Å². The van der Waals surface area contributed by atoms with Crippen LogP contribution in [-0.2, 0) is 16.6 Å². The van der Waals surface area contributed by atoms with Gasteiger partial charge in [-0.3, -0.25) is 4.79 Å². The highest BCUT2D eigenvalue weighted by atomic mass is 32.2. The quantitative estimate of drug-likeness (QED) is 0.878. The summed E-state index contributed by atoms with van der Waals surface area (Å²) in [5.74, 6) is -1.36. The van der Waals surface area contributed by atoms with Crippen LogP contribution >= 0.6 is 0 Å². The Kier molecular flexibility index (Phi) is 4.58. The van der Waals surface area contributed by atoms with Crippen molar-refractivity contribution in [2.45, 2.75) is 18.4 Å². The van der Waals surface area contributed by atoms with Crippen molar-refractivity contribution in [2.75, 3.05) is 0 Å². The minimum absolute atomic E-state index is 0.0191. The highest BCUT2D eigenvalue weighted by Crippen LogP contribution is 2.16. The third-order valence-corrected chi connectivity index (χ3v) is 4.50. The number of hydrogen-bond donors (Lipinski definition) is 2. The zero-order valence-corrected chi connectivity index (χ0v) is 12.7. The second kappa shape index (κ2) is 6.25. The maximum Gasteiger partial charge on any atom is 0.248 e. The standard InChI is InChI=1S/C15H15FN2O3S/c1-10-2-7-13(16)14(8-10)22(20,21)18-9-11-3-5-12(6-4-11)15(17)19/h2-8,18H,9H2,1H3,(H2,17,19). The predicted molar refractivity (Wildman–Crippen MR) is 80.1 cm³/mol. The van der Waals surface area contributed by atoms with Crippen LogP contribution in [0.2, 0.25) is 0 Å². The first-order valence-corrected chi connectivity index (χ1v) is 7.92. The first-order valence-electron chi connectivity index (χ1n) is 6.44. The number of nitrogens with two attached hydrogens (primary N) is 1. The number of halogens is 1. The molecule has 0 aliphatic carbocycles. The summed E-state index contributed by atoms with van der Waals surface area (Å²) in [6, 6.07) is 10.0. The van der Waals surface area contributed by atoms with E-state index in [4.69, 9.17) is 5.73 Å². The minimum atomic E-state index is -3.95. The zero-order valence-electron chi connectivity index (χ0n) is 11.8. The fraction of sp³-hybridized carbons (Fsp3) is 0.133. The average Bonchev–Trinajstić information content (AvgIpc) is 2.48. The molecule has 5 nitrogen and oxygen atoms in total. The second-order valence-corrected chi connectivity index (χ2v) is 6.55. The summed E-state index contributed by atoms with van der Waals surface area (Å²) in [6.45, 7) is 1.66. The van der Waals surface area contributed by atoms with Gasteiger partial charge in [-0.25, -0.2) is 17.5 Å². The zero-order chi connectivity index (χ0) is 16.3. The van der Waals surface area contributed by atoms with Gasteiger partial charge in [-0.15, -0.1) is 0 Å². The Labute approximate surface area is 128 Å². The monoisotopic (exact) mass is 322 g/mol. The molecule has 0 unspecified atom stereocenters. The molecular formula is C15H15FN2O3S. The van der Waals surface area contributed by atoms with E-state index in [1.165, 1.54) is 24.3 Å². The molecule has 0 aromatic heterocycles. The second-order valence-electron chi connectivity index (χ2n) is 4.82. The van der Waals surface area contributed by atoms with Crippen molar-refractivity contribution in [1.82, 2.24) is 4.72 Å². The molecule has 0 bridgehead atoms. The van der Waals surface area contributed by atoms with Gasteiger partial charge in [0.15, 0.2) is 0 Å². The van der Waals surface area contributed by atoms with E-state index in [-0.39, 0.29) is 11.4 Å². The average molecular weight is 322 g/mol. The van der Waals surface area contributed by atoms with Crippen LogP contribution in [0.25, 0.3) is 0 Å². The van der Waals surface area contributed by atoms with Crippen LogP contribution in [0.4, 0.5) is 4.39 Å². The van der Waals surface area contributed by atoms with Crippen LogP contribution in [0.1, 0.15) is 21.5 Å². The van der Waals surface area contributed by atoms with Gasteiger partial charge >= 0.3 is 0 Å². The molecule has 2 aromatic carbocycles. The van der Waals surface area contributed by atoms with Crippen molar-refractivity contribution in [3.63, 3.8) is 0 Å². The van der Waals surface area contributed by atoms with Gasteiger partial charge in [0.05, 0.1) is 0 Å². The van der Waals surface area contributed by atoms with Gasteiger partial charge in [0.1, 0.15) is 10.7 Å². The number of amides is 1. The molecule has 0 fully saturated rings. The van der Waals surface area contributed by atoms with Gasteiger partial charge in [0.2, 0.25) is 15.9 Å². The lowest BCUT2D eigenvalue weighted by atomic mass is 10.1. The maximum atomic E-state index is 13.7. The Morgan fingerprint density at radius 3 is 2.41 bits per heavy atom. The molecule has 116 valence electrons. The summed E-state index contributed by atoms with van der Waals surface area (Å²) in [5.41, 5.74) is 6.72. The lowest BCUT2D eigenvalue weighted by Gasteiger charge is -2.09. The molecule has 0 aliphatic rings. The number of carbonyl (C=O) groups is 1. The highest BCUT2D eigenvalue weighted by molar-refractivity contribution is 7.89. The van der Waals surface area contributed by atoms with Crippen molar-refractivity contribution in [3.05, 3.63) is 65.0 Å². The Bertz CT molecular complexity index is 802. The minimum Gasteiger partial charge on any atom is -0.366 e. The van der Waals surface area contributed by atoms with Gasteiger partial charge < -0.3 is 5.73 Å². The normalized spacial score (nSPS) is 11.4. The van der Waals surface area contributed by atoms with Crippen molar-refractivity contribution < 1.29 is 17.6 Å². The van der Waals surface area contributed by atoms with Crippen LogP contribution in [-0.4, -0.2) is 14.3 Å². The Hall–Kier alpha value is -2.25. The third kappa shape index (κ3) is 3.69. The lowest BCUT2D eigenvalue weighted by molar-refractivity contribution is 0.1000. The molecule has 0 spiro atoms. The van der Waals surface area contributed by atoms with E-state index < -0.39 is 21.7 Å². The molecular weight excluding hydrogens is 307 g/mol. The summed E-state index contributed by atoms with van der Waals surface area (Å²) in [6.07, 6.45) is 0. The summed E-state index contributed by atoms with van der Waals surface area (Å²) in [4.78, 5) is 10.6. The highest BCUT2D eigenvalue weighted by Gasteiger charge is 2.18. The number of nitrogens with one attached hydrogen (secondary N) is 1. The number of hydrogen-bond acceptors (Lipinski definition) is 3. The predicted octanol–water partition coefficient (Wildman–Crippen LogP) is 1.71. The molecule has 7 heteroatoms. The molecule has 0 heterocycles. The molecule has 0 saturated carbocycles. The van der Waals surface area contributed by atoms with Gasteiger partial charge in [-0.2, -0.15) is 0 Å². The smallest absolute Gasteiger partial charge is 0.248 e. The van der Waals surface area contributed by atoms with E-state index in [2.05, 4.69) is 4.72 Å². The van der Waals surface area contributed by atoms with E-state index in [1.54, 1.807) is 19.1 Å². The van der Waals surface area contributed by atoms with Crippen LogP contribution in [0.3, 0.4) is 0 Å². The summed E-state index contributed by atoms with van der Waals surface area (Å²) in [5, 5.41) is 0. The van der Waals surface area contributed by atoms with Crippen LogP contribution in [0, 0.1) is 12.7 Å². The van der Waals surface area contributed by atoms with Gasteiger partial charge in [0.25, 0.3) is 0 Å². The van der Waals surface area contributed by atoms with E-state index in [0.29, 0.717) is 16.7 Å². The Morgan fingerprint density at radius 2 is 1.82 bits per heavy atom. The maximum absolute atomic E-state index is 13.7. The van der Waals surface area contributed by atoms with Crippen LogP contribution in [0.5, 0.6) is 0 Å². The number of carbonyl (C=O) groups excluding carboxylic acids is 1. The van der Waals surface area contributed by atoms with Crippen LogP contribution < -0.4 is 10.5 Å². The summed E-state index contributed by atoms with van der Waals surface area (Å²) in [7, 11) is -3.95. The first-order chi connectivity index (χ1) is 10.3. The number of sulfonamides is 1. The molecule has 22 heavy (non-hydrogen) atoms. The SMILES string of the molecule is Cc1ccc(F)c(S(=O)(=O)NCc2ccc(C(N)=O)cc2)c1. The molecule has 0 radical (unpaired) electrons. The van der Waals surface area contributed by atoms with Gasteiger partial charge in [0, 0.05) is 12.1 Å². The largest absolute Gasteiger partial charge is 0.366 e. The van der Waals surface area contributed by atoms with E-state index in [9.17, 15) is 17.6 Å². The third-order valence-electron chi connectivity index (χ3n) is 3.08. The molecule has 2 rings (SSSR count). The molecule has 0 atom stereocenters. The topological polar surface area (TPSA) is 89.3 Å². The van der Waals surface area contributed by atoms with Crippen molar-refractivity contribution in [2.24, 2.45) is 5.73 Å². The van der Waals surface area contributed by atoms with Crippen molar-refractivity contribution in [3.8, 4) is 0 Å². The molecule has 1 amide bonds. The molecule has 3 N–H and O–H groups in total. The van der Waals surface area contributed by atoms with E-state index in [1.807, 2.05) is 0 Å². The Morgan fingerprint density at radius 1 is 1.18 bits per heavy atom. The molecule has 0 aliphatic heterocycles. The lowest BCUT2D eigenvalue weighted by Crippen LogP contribution is -2.24. The number of primary amides is 1. The van der Waals surface area contributed by atoms with Gasteiger partial charge in [-0.1, -0.05) is 18.2 Å². The number of benzene rings is 2. The first kappa shape index (κ1) is 16.1. The van der Waals surface area contributed by atoms with Crippen LogP contribution in [0.15, 0.2) is 47.4 Å². The number of aryl methyl sites for hydroxylation is 1. The van der Waals surface area contributed by atoms with Gasteiger partial charge in [-0.05, 0) is 42.3 Å². The fourth-order valence-corrected chi connectivity index (χ4v) is 3.04. The van der Waals surface area contributed by atoms with E-state index in [0.717, 1.165) is 6.07 Å². The van der Waals surface area contributed by atoms with Crippen molar-refractivity contribution >= 4 is 15.9 Å². The fourth-order valence-electron chi connectivity index (χ4n) is 1.86. The summed E-state index contributed by atoms with van der Waals surface area (Å²) < 4.78 is 40.2. The molecule has 0 saturated heterocycles. The summed E-state index contributed by atoms with van der Waals surface area (Å²) >= 11 is 0. The number of rotatable bonds is 5. The van der Waals surface area contributed by atoms with Crippen molar-refractivity contribution in [1.29, 1.82) is 0 Å².